The molecule has 10 nitrogen and oxygen atoms in total. The topological polar surface area (TPSA) is 122 Å². The summed E-state index contributed by atoms with van der Waals surface area (Å²) in [4.78, 5) is 63.5. The van der Waals surface area contributed by atoms with Crippen LogP contribution in [0.25, 0.3) is 0 Å². The predicted molar refractivity (Wildman–Crippen MR) is 84.9 cm³/mol. The number of hydrogen-bond acceptors (Lipinski definition) is 7. The molecule has 1 saturated heterocycles. The van der Waals surface area contributed by atoms with Crippen molar-refractivity contribution in [1.29, 1.82) is 0 Å². The molecule has 0 aromatic heterocycles. The number of benzene rings is 1. The lowest BCUT2D eigenvalue weighted by Gasteiger charge is -2.26. The second-order valence-corrected chi connectivity index (χ2v) is 5.37. The number of carbonyl (C=O) groups excluding carboxylic acids is 5. The van der Waals surface area contributed by atoms with E-state index in [1.807, 2.05) is 0 Å². The molecule has 3 rings (SSSR count). The number of amides is 6. The summed E-state index contributed by atoms with van der Waals surface area (Å²) in [6.07, 6.45) is -2.49. The summed E-state index contributed by atoms with van der Waals surface area (Å²) < 4.78 is 9.55. The molecule has 1 N–H and O–H groups in total. The highest BCUT2D eigenvalue weighted by Crippen LogP contribution is 2.46. The van der Waals surface area contributed by atoms with Crippen molar-refractivity contribution in [3.8, 4) is 0 Å². The minimum absolute atomic E-state index is 0.0724. The lowest BCUT2D eigenvalue weighted by atomic mass is 9.90. The van der Waals surface area contributed by atoms with E-state index in [4.69, 9.17) is 9.47 Å². The van der Waals surface area contributed by atoms with E-state index in [0.29, 0.717) is 4.90 Å². The predicted octanol–water partition coefficient (Wildman–Crippen LogP) is 1.41. The van der Waals surface area contributed by atoms with Gasteiger partial charge in [0.2, 0.25) is 5.54 Å². The van der Waals surface area contributed by atoms with Crippen molar-refractivity contribution in [3.05, 3.63) is 29.8 Å². The van der Waals surface area contributed by atoms with Gasteiger partial charge in [-0.15, -0.1) is 0 Å². The van der Waals surface area contributed by atoms with Crippen LogP contribution in [0.15, 0.2) is 24.3 Å². The van der Waals surface area contributed by atoms with E-state index in [-0.39, 0.29) is 29.4 Å². The fourth-order valence-electron chi connectivity index (χ4n) is 3.02. The monoisotopic (exact) mass is 361 g/mol. The Morgan fingerprint density at radius 3 is 2.31 bits per heavy atom. The van der Waals surface area contributed by atoms with Gasteiger partial charge < -0.3 is 14.8 Å². The summed E-state index contributed by atoms with van der Waals surface area (Å²) in [5, 5.41) is 2.46. The van der Waals surface area contributed by atoms with Crippen molar-refractivity contribution >= 4 is 35.7 Å². The molecule has 0 saturated carbocycles. The van der Waals surface area contributed by atoms with Crippen LogP contribution in [0.2, 0.25) is 0 Å². The smallest absolute Gasteiger partial charge is 0.425 e. The van der Waals surface area contributed by atoms with E-state index in [1.54, 1.807) is 6.07 Å². The maximum Gasteiger partial charge on any atom is 0.425 e. The van der Waals surface area contributed by atoms with E-state index in [1.165, 1.54) is 32.0 Å². The van der Waals surface area contributed by atoms with Gasteiger partial charge in [-0.25, -0.2) is 14.4 Å². The first kappa shape index (κ1) is 17.4. The van der Waals surface area contributed by atoms with Crippen LogP contribution in [-0.4, -0.2) is 53.0 Å². The van der Waals surface area contributed by atoms with Gasteiger partial charge in [0, 0.05) is 11.3 Å². The number of carbonyl (C=O) groups is 5. The zero-order chi connectivity index (χ0) is 19.1. The fourth-order valence-corrected chi connectivity index (χ4v) is 3.02. The Kier molecular flexibility index (Phi) is 4.10. The average molecular weight is 361 g/mol. The Bertz CT molecular complexity index is 837. The molecule has 1 atom stereocenters. The standard InChI is InChI=1S/C16H15N3O7/c1-3-25-14(23)18-12(21)16(19(13(18)22)15(24)26-4-2)9-7-5-6-8-10(9)17-11(16)20/h5-8H,3-4H2,1-2H3,(H,17,20). The number of fused-ring (bicyclic) bond motifs is 2. The van der Waals surface area contributed by atoms with Crippen molar-refractivity contribution < 1.29 is 33.4 Å². The van der Waals surface area contributed by atoms with Crippen LogP contribution < -0.4 is 5.32 Å². The van der Waals surface area contributed by atoms with Crippen LogP contribution in [0.4, 0.5) is 20.1 Å². The SMILES string of the molecule is CCOC(=O)N1C(=O)N(C(=O)OCC)C2(C(=O)Nc3ccccc32)C1=O. The summed E-state index contributed by atoms with van der Waals surface area (Å²) in [5.41, 5.74) is -2.03. The van der Waals surface area contributed by atoms with Gasteiger partial charge in [0.25, 0.3) is 11.8 Å². The number of para-hydroxylation sites is 1. The van der Waals surface area contributed by atoms with Crippen LogP contribution in [0.3, 0.4) is 0 Å². The first-order chi connectivity index (χ1) is 12.4. The molecule has 0 bridgehead atoms. The van der Waals surface area contributed by atoms with Gasteiger partial charge in [0.05, 0.1) is 13.2 Å². The molecule has 2 heterocycles. The third-order valence-electron chi connectivity index (χ3n) is 4.03. The van der Waals surface area contributed by atoms with Gasteiger partial charge in [-0.3, -0.25) is 9.59 Å². The molecule has 0 radical (unpaired) electrons. The van der Waals surface area contributed by atoms with Gasteiger partial charge in [-0.2, -0.15) is 9.80 Å². The van der Waals surface area contributed by atoms with Crippen LogP contribution in [0.5, 0.6) is 0 Å². The van der Waals surface area contributed by atoms with Crippen LogP contribution in [-0.2, 0) is 24.6 Å². The lowest BCUT2D eigenvalue weighted by molar-refractivity contribution is -0.139. The quantitative estimate of drug-likeness (QED) is 0.624. The Hall–Kier alpha value is -3.43. The number of anilines is 1. The molecule has 2 aliphatic heterocycles. The van der Waals surface area contributed by atoms with Gasteiger partial charge in [-0.05, 0) is 19.9 Å². The van der Waals surface area contributed by atoms with Gasteiger partial charge in [0.15, 0.2) is 0 Å². The highest BCUT2D eigenvalue weighted by atomic mass is 16.6. The third kappa shape index (κ3) is 2.08. The van der Waals surface area contributed by atoms with E-state index in [2.05, 4.69) is 5.32 Å². The summed E-state index contributed by atoms with van der Waals surface area (Å²) in [5.74, 6) is -2.13. The Morgan fingerprint density at radius 2 is 1.65 bits per heavy atom. The van der Waals surface area contributed by atoms with Crippen molar-refractivity contribution in [2.45, 2.75) is 19.4 Å². The Morgan fingerprint density at radius 1 is 1.04 bits per heavy atom. The molecule has 1 unspecified atom stereocenters. The number of ether oxygens (including phenoxy) is 2. The van der Waals surface area contributed by atoms with Crippen LogP contribution in [0, 0.1) is 0 Å². The Balaban J connectivity index is 2.22. The summed E-state index contributed by atoms with van der Waals surface area (Å²) in [6, 6.07) is 4.76. The lowest BCUT2D eigenvalue weighted by Crippen LogP contribution is -2.54. The summed E-state index contributed by atoms with van der Waals surface area (Å²) >= 11 is 0. The van der Waals surface area contributed by atoms with E-state index >= 15 is 0 Å². The minimum Gasteiger partial charge on any atom is -0.449 e. The zero-order valence-electron chi connectivity index (χ0n) is 14.0. The normalized spacial score (nSPS) is 21.1. The summed E-state index contributed by atoms with van der Waals surface area (Å²) in [6.45, 7) is 2.78. The van der Waals surface area contributed by atoms with E-state index in [9.17, 15) is 24.0 Å². The fraction of sp³-hybridized carbons (Fsp3) is 0.312. The molecule has 26 heavy (non-hydrogen) atoms. The average Bonchev–Trinajstić information content (AvgIpc) is 3.01. The molecule has 2 aliphatic rings. The third-order valence-corrected chi connectivity index (χ3v) is 4.03. The minimum atomic E-state index is -2.35. The molecular formula is C16H15N3O7. The highest BCUT2D eigenvalue weighted by molar-refractivity contribution is 6.32. The number of nitrogens with zero attached hydrogens (tertiary/aromatic N) is 2. The number of hydrogen-bond donors (Lipinski definition) is 1. The van der Waals surface area contributed by atoms with Crippen molar-refractivity contribution in [3.63, 3.8) is 0 Å². The highest BCUT2D eigenvalue weighted by Gasteiger charge is 2.71. The molecule has 1 fully saturated rings. The second kappa shape index (κ2) is 6.14. The summed E-state index contributed by atoms with van der Waals surface area (Å²) in [7, 11) is 0. The number of nitrogens with one attached hydrogen (secondary N) is 1. The number of imide groups is 4. The zero-order valence-corrected chi connectivity index (χ0v) is 14.0. The van der Waals surface area contributed by atoms with Crippen molar-refractivity contribution in [2.75, 3.05) is 18.5 Å². The molecule has 1 aromatic rings. The first-order valence-corrected chi connectivity index (χ1v) is 7.84. The largest absolute Gasteiger partial charge is 0.449 e. The molecule has 0 aliphatic carbocycles. The molecule has 10 heteroatoms. The Labute approximate surface area is 147 Å². The first-order valence-electron chi connectivity index (χ1n) is 7.84. The van der Waals surface area contributed by atoms with E-state index in [0.717, 1.165) is 0 Å². The number of rotatable bonds is 2. The van der Waals surface area contributed by atoms with Gasteiger partial charge in [-0.1, -0.05) is 18.2 Å². The maximum atomic E-state index is 13.0. The van der Waals surface area contributed by atoms with Gasteiger partial charge >= 0.3 is 18.2 Å². The second-order valence-electron chi connectivity index (χ2n) is 5.37. The van der Waals surface area contributed by atoms with E-state index < -0.39 is 35.6 Å². The number of urea groups is 1. The molecule has 1 spiro atoms. The van der Waals surface area contributed by atoms with Crippen LogP contribution >= 0.6 is 0 Å². The molecule has 1 aromatic carbocycles. The van der Waals surface area contributed by atoms with Crippen LogP contribution in [0.1, 0.15) is 19.4 Å². The van der Waals surface area contributed by atoms with Gasteiger partial charge in [0.1, 0.15) is 0 Å². The van der Waals surface area contributed by atoms with Crippen molar-refractivity contribution in [2.24, 2.45) is 0 Å². The molecule has 6 amide bonds. The molecular weight excluding hydrogens is 346 g/mol. The maximum absolute atomic E-state index is 13.0. The molecule has 136 valence electrons. The van der Waals surface area contributed by atoms with Crippen molar-refractivity contribution in [1.82, 2.24) is 9.80 Å².